The van der Waals surface area contributed by atoms with E-state index in [1.165, 1.54) is 16.7 Å². The molecular formula is C21H25NO5. The van der Waals surface area contributed by atoms with Gasteiger partial charge < -0.3 is 23.7 Å². The van der Waals surface area contributed by atoms with Crippen molar-refractivity contribution in [2.24, 2.45) is 0 Å². The SMILES string of the molecule is COc1ccc(CC2c3cc(OC)c4c(c3CCN2C)OCO4)cc1OC. The molecule has 2 aromatic carbocycles. The summed E-state index contributed by atoms with van der Waals surface area (Å²) in [5.41, 5.74) is 3.65. The second kappa shape index (κ2) is 7.19. The summed E-state index contributed by atoms with van der Waals surface area (Å²) in [5, 5.41) is 0. The number of ether oxygens (including phenoxy) is 5. The predicted molar refractivity (Wildman–Crippen MR) is 101 cm³/mol. The van der Waals surface area contributed by atoms with Gasteiger partial charge in [-0.25, -0.2) is 0 Å². The summed E-state index contributed by atoms with van der Waals surface area (Å²) in [5.74, 6) is 3.79. The van der Waals surface area contributed by atoms with Crippen LogP contribution in [-0.4, -0.2) is 46.6 Å². The van der Waals surface area contributed by atoms with E-state index in [0.717, 1.165) is 48.1 Å². The molecule has 0 saturated heterocycles. The fourth-order valence-electron chi connectivity index (χ4n) is 4.00. The first-order valence-corrected chi connectivity index (χ1v) is 9.06. The highest BCUT2D eigenvalue weighted by Crippen LogP contribution is 2.49. The lowest BCUT2D eigenvalue weighted by atomic mass is 9.88. The van der Waals surface area contributed by atoms with Crippen LogP contribution in [0.2, 0.25) is 0 Å². The van der Waals surface area contributed by atoms with Crippen LogP contribution in [0.4, 0.5) is 0 Å². The summed E-state index contributed by atoms with van der Waals surface area (Å²) in [6.45, 7) is 1.21. The zero-order chi connectivity index (χ0) is 19.0. The minimum Gasteiger partial charge on any atom is -0.493 e. The topological polar surface area (TPSA) is 49.4 Å². The van der Waals surface area contributed by atoms with Gasteiger partial charge in [0.05, 0.1) is 21.3 Å². The monoisotopic (exact) mass is 371 g/mol. The third kappa shape index (κ3) is 3.04. The summed E-state index contributed by atoms with van der Waals surface area (Å²) >= 11 is 0. The summed E-state index contributed by atoms with van der Waals surface area (Å²) in [4.78, 5) is 2.38. The number of hydrogen-bond donors (Lipinski definition) is 0. The van der Waals surface area contributed by atoms with Crippen molar-refractivity contribution in [3.63, 3.8) is 0 Å². The van der Waals surface area contributed by atoms with Gasteiger partial charge in [-0.3, -0.25) is 4.90 Å². The standard InChI is InChI=1S/C21H25NO5/c1-22-8-7-14-15(11-19(25-4)21-20(14)26-12-27-21)16(22)9-13-5-6-17(23-2)18(10-13)24-3/h5-6,10-11,16H,7-9,12H2,1-4H3. The third-order valence-electron chi connectivity index (χ3n) is 5.45. The first-order chi connectivity index (χ1) is 13.2. The van der Waals surface area contributed by atoms with Crippen molar-refractivity contribution in [3.8, 4) is 28.7 Å². The predicted octanol–water partition coefficient (Wildman–Crippen LogP) is 3.21. The zero-order valence-corrected chi connectivity index (χ0v) is 16.2. The van der Waals surface area contributed by atoms with E-state index in [4.69, 9.17) is 23.7 Å². The summed E-state index contributed by atoms with van der Waals surface area (Å²) in [7, 11) is 7.14. The van der Waals surface area contributed by atoms with E-state index in [1.54, 1.807) is 21.3 Å². The quantitative estimate of drug-likeness (QED) is 0.804. The molecule has 2 heterocycles. The maximum atomic E-state index is 5.78. The van der Waals surface area contributed by atoms with Gasteiger partial charge >= 0.3 is 0 Å². The fraction of sp³-hybridized carbons (Fsp3) is 0.429. The number of rotatable bonds is 5. The van der Waals surface area contributed by atoms with Gasteiger partial charge in [-0.2, -0.15) is 0 Å². The highest BCUT2D eigenvalue weighted by Gasteiger charge is 2.33. The summed E-state index contributed by atoms with van der Waals surface area (Å²) < 4.78 is 27.8. The van der Waals surface area contributed by atoms with Gasteiger partial charge in [0, 0.05) is 18.2 Å². The Morgan fingerprint density at radius 1 is 0.963 bits per heavy atom. The van der Waals surface area contributed by atoms with E-state index in [9.17, 15) is 0 Å². The van der Waals surface area contributed by atoms with E-state index in [-0.39, 0.29) is 12.8 Å². The van der Waals surface area contributed by atoms with E-state index in [0.29, 0.717) is 0 Å². The van der Waals surface area contributed by atoms with Crippen LogP contribution in [0.25, 0.3) is 0 Å². The Balaban J connectivity index is 1.73. The Morgan fingerprint density at radius 3 is 2.44 bits per heavy atom. The molecule has 2 aromatic rings. The molecule has 0 N–H and O–H groups in total. The average Bonchev–Trinajstić information content (AvgIpc) is 3.19. The normalized spacial score (nSPS) is 18.1. The first kappa shape index (κ1) is 17.8. The minimum absolute atomic E-state index is 0.218. The van der Waals surface area contributed by atoms with Crippen LogP contribution in [0.1, 0.15) is 22.7 Å². The smallest absolute Gasteiger partial charge is 0.231 e. The van der Waals surface area contributed by atoms with Gasteiger partial charge in [-0.1, -0.05) is 6.07 Å². The number of fused-ring (bicyclic) bond motifs is 3. The maximum Gasteiger partial charge on any atom is 0.231 e. The van der Waals surface area contributed by atoms with Gasteiger partial charge in [-0.05, 0) is 49.2 Å². The average molecular weight is 371 g/mol. The summed E-state index contributed by atoms with van der Waals surface area (Å²) in [6.07, 6.45) is 1.79. The van der Waals surface area contributed by atoms with Gasteiger partial charge in [0.2, 0.25) is 12.5 Å². The molecule has 0 spiro atoms. The second-order valence-electron chi connectivity index (χ2n) is 6.85. The molecule has 27 heavy (non-hydrogen) atoms. The molecule has 0 bridgehead atoms. The number of hydrogen-bond acceptors (Lipinski definition) is 6. The van der Waals surface area contributed by atoms with Crippen molar-refractivity contribution in [2.45, 2.75) is 18.9 Å². The molecule has 0 radical (unpaired) electrons. The highest BCUT2D eigenvalue weighted by atomic mass is 16.7. The van der Waals surface area contributed by atoms with Crippen LogP contribution in [-0.2, 0) is 12.8 Å². The van der Waals surface area contributed by atoms with E-state index < -0.39 is 0 Å². The molecule has 0 aromatic heterocycles. The van der Waals surface area contributed by atoms with E-state index in [1.807, 2.05) is 12.1 Å². The van der Waals surface area contributed by atoms with Crippen LogP contribution < -0.4 is 23.7 Å². The Hall–Kier alpha value is -2.60. The lowest BCUT2D eigenvalue weighted by Gasteiger charge is -2.35. The molecule has 1 atom stereocenters. The molecule has 6 heteroatoms. The molecule has 2 aliphatic rings. The first-order valence-electron chi connectivity index (χ1n) is 9.06. The molecule has 1 unspecified atom stereocenters. The van der Waals surface area contributed by atoms with Gasteiger partial charge in [-0.15, -0.1) is 0 Å². The Kier molecular flexibility index (Phi) is 4.74. The highest BCUT2D eigenvalue weighted by molar-refractivity contribution is 5.61. The molecule has 4 rings (SSSR count). The molecule has 0 aliphatic carbocycles. The minimum atomic E-state index is 0.218. The lowest BCUT2D eigenvalue weighted by molar-refractivity contribution is 0.169. The van der Waals surface area contributed by atoms with Crippen molar-refractivity contribution in [1.29, 1.82) is 0 Å². The van der Waals surface area contributed by atoms with Gasteiger partial charge in [0.25, 0.3) is 0 Å². The largest absolute Gasteiger partial charge is 0.493 e. The molecule has 144 valence electrons. The van der Waals surface area contributed by atoms with Crippen LogP contribution in [0.15, 0.2) is 24.3 Å². The Bertz CT molecular complexity index is 851. The van der Waals surface area contributed by atoms with Crippen molar-refractivity contribution < 1.29 is 23.7 Å². The number of nitrogens with zero attached hydrogens (tertiary/aromatic N) is 1. The van der Waals surface area contributed by atoms with E-state index in [2.05, 4.69) is 24.1 Å². The number of benzene rings is 2. The Labute approximate surface area is 159 Å². The summed E-state index contributed by atoms with van der Waals surface area (Å²) in [6, 6.07) is 8.41. The third-order valence-corrected chi connectivity index (χ3v) is 5.45. The fourth-order valence-corrected chi connectivity index (χ4v) is 4.00. The van der Waals surface area contributed by atoms with Crippen LogP contribution in [0.3, 0.4) is 0 Å². The molecule has 0 amide bonds. The van der Waals surface area contributed by atoms with Crippen molar-refractivity contribution in [1.82, 2.24) is 4.90 Å². The van der Waals surface area contributed by atoms with Crippen molar-refractivity contribution in [2.75, 3.05) is 41.7 Å². The van der Waals surface area contributed by atoms with Gasteiger partial charge in [0.15, 0.2) is 23.0 Å². The number of methoxy groups -OCH3 is 3. The van der Waals surface area contributed by atoms with Crippen LogP contribution in [0, 0.1) is 0 Å². The second-order valence-corrected chi connectivity index (χ2v) is 6.85. The van der Waals surface area contributed by atoms with E-state index >= 15 is 0 Å². The Morgan fingerprint density at radius 2 is 1.70 bits per heavy atom. The van der Waals surface area contributed by atoms with Crippen LogP contribution in [0.5, 0.6) is 28.7 Å². The molecule has 0 fully saturated rings. The van der Waals surface area contributed by atoms with Crippen molar-refractivity contribution >= 4 is 0 Å². The maximum absolute atomic E-state index is 5.78. The van der Waals surface area contributed by atoms with Crippen LogP contribution >= 0.6 is 0 Å². The van der Waals surface area contributed by atoms with Crippen molar-refractivity contribution in [3.05, 3.63) is 41.0 Å². The number of likely N-dealkylation sites (N-methyl/N-ethyl adjacent to an activating group) is 1. The molecule has 0 saturated carbocycles. The zero-order valence-electron chi connectivity index (χ0n) is 16.2. The lowest BCUT2D eigenvalue weighted by Crippen LogP contribution is -2.33. The molecular weight excluding hydrogens is 346 g/mol. The molecule has 6 nitrogen and oxygen atoms in total. The molecule has 2 aliphatic heterocycles. The van der Waals surface area contributed by atoms with Gasteiger partial charge in [0.1, 0.15) is 0 Å².